The van der Waals surface area contributed by atoms with Crippen molar-refractivity contribution in [2.24, 2.45) is 11.8 Å². The lowest BCUT2D eigenvalue weighted by Gasteiger charge is -2.35. The smallest absolute Gasteiger partial charge is 0.321 e. The van der Waals surface area contributed by atoms with E-state index in [0.29, 0.717) is 6.42 Å². The zero-order valence-electron chi connectivity index (χ0n) is 20.4. The van der Waals surface area contributed by atoms with Crippen molar-refractivity contribution < 1.29 is 23.1 Å². The number of hydrogen-bond donors (Lipinski definition) is 3. The molecule has 11 heteroatoms. The van der Waals surface area contributed by atoms with E-state index in [2.05, 4.69) is 19.9 Å². The van der Waals surface area contributed by atoms with Gasteiger partial charge in [-0.3, -0.25) is 14.6 Å². The SMILES string of the molecule is CCCCS(=O)(=O)NC(C[C@H]1CC[C@H](NC(=O)C2CCN(c3ccncc3)CC2)CC1)C(=O)O.Cl. The number of carbonyl (C=O) groups excluding carboxylic acids is 1. The summed E-state index contributed by atoms with van der Waals surface area (Å²) in [5.74, 6) is -0.914. The number of anilines is 1. The standard InChI is InChI=1S/C24H38N4O5S.ClH/c1-2-3-16-34(32,33)27-22(24(30)31)17-18-4-6-20(7-5-18)26-23(29)19-10-14-28(15-11-19)21-8-12-25-13-9-21;/h8-9,12-13,18-20,22,27H,2-7,10-11,14-17H2,1H3,(H,26,29)(H,30,31);1H/t18-,20-,22?;. The normalized spacial score (nSPS) is 22.1. The topological polar surface area (TPSA) is 129 Å². The summed E-state index contributed by atoms with van der Waals surface area (Å²) in [4.78, 5) is 30.8. The average molecular weight is 531 g/mol. The third-order valence-electron chi connectivity index (χ3n) is 7.04. The molecule has 0 radical (unpaired) electrons. The number of aromatic nitrogens is 1. The van der Waals surface area contributed by atoms with Gasteiger partial charge in [-0.05, 0) is 69.4 Å². The fraction of sp³-hybridized carbons (Fsp3) is 0.708. The number of amides is 1. The maximum Gasteiger partial charge on any atom is 0.321 e. The van der Waals surface area contributed by atoms with Crippen molar-refractivity contribution >= 4 is 40.0 Å². The van der Waals surface area contributed by atoms with Gasteiger partial charge in [-0.2, -0.15) is 0 Å². The molecule has 1 aliphatic carbocycles. The highest BCUT2D eigenvalue weighted by atomic mass is 35.5. The van der Waals surface area contributed by atoms with Gasteiger partial charge >= 0.3 is 5.97 Å². The quantitative estimate of drug-likeness (QED) is 0.401. The first-order valence-electron chi connectivity index (χ1n) is 12.5. The molecule has 2 aliphatic rings. The Balaban J connectivity index is 0.00000432. The number of carbonyl (C=O) groups is 2. The van der Waals surface area contributed by atoms with Gasteiger partial charge in [0.25, 0.3) is 0 Å². The number of carboxylic acid groups (broad SMARTS) is 1. The third-order valence-corrected chi connectivity index (χ3v) is 8.51. The summed E-state index contributed by atoms with van der Waals surface area (Å²) in [5, 5.41) is 12.7. The summed E-state index contributed by atoms with van der Waals surface area (Å²) < 4.78 is 26.7. The summed E-state index contributed by atoms with van der Waals surface area (Å²) in [5.41, 5.74) is 1.14. The molecule has 1 aliphatic heterocycles. The van der Waals surface area contributed by atoms with Gasteiger partial charge in [0.15, 0.2) is 0 Å². The molecule has 3 rings (SSSR count). The van der Waals surface area contributed by atoms with Gasteiger partial charge in [-0.15, -0.1) is 12.4 Å². The molecule has 35 heavy (non-hydrogen) atoms. The van der Waals surface area contributed by atoms with Crippen LogP contribution in [0.1, 0.15) is 64.7 Å². The third kappa shape index (κ3) is 9.24. The van der Waals surface area contributed by atoms with E-state index < -0.39 is 22.0 Å². The van der Waals surface area contributed by atoms with Gasteiger partial charge in [0, 0.05) is 43.1 Å². The molecular weight excluding hydrogens is 492 g/mol. The van der Waals surface area contributed by atoms with E-state index in [1.54, 1.807) is 12.4 Å². The number of sulfonamides is 1. The predicted molar refractivity (Wildman–Crippen MR) is 138 cm³/mol. The van der Waals surface area contributed by atoms with Crippen LogP contribution < -0.4 is 14.9 Å². The fourth-order valence-corrected chi connectivity index (χ4v) is 6.38. The number of carboxylic acids is 1. The molecule has 0 aromatic carbocycles. The van der Waals surface area contributed by atoms with Crippen molar-refractivity contribution in [1.82, 2.24) is 15.0 Å². The van der Waals surface area contributed by atoms with E-state index in [9.17, 15) is 23.1 Å². The van der Waals surface area contributed by atoms with E-state index >= 15 is 0 Å². The number of halogens is 1. The highest BCUT2D eigenvalue weighted by molar-refractivity contribution is 7.89. The molecule has 3 N–H and O–H groups in total. The first kappa shape index (κ1) is 29.3. The number of rotatable bonds is 11. The molecule has 1 aromatic heterocycles. The van der Waals surface area contributed by atoms with Crippen LogP contribution in [-0.4, -0.2) is 61.3 Å². The Morgan fingerprint density at radius 2 is 1.74 bits per heavy atom. The second-order valence-electron chi connectivity index (χ2n) is 9.61. The summed E-state index contributed by atoms with van der Waals surface area (Å²) in [6.45, 7) is 3.59. The molecular formula is C24H39ClN4O5S. The number of unbranched alkanes of at least 4 members (excludes halogenated alkanes) is 1. The van der Waals surface area contributed by atoms with Crippen molar-refractivity contribution in [1.29, 1.82) is 0 Å². The summed E-state index contributed by atoms with van der Waals surface area (Å²) in [6.07, 6.45) is 9.89. The average Bonchev–Trinajstić information content (AvgIpc) is 2.84. The second kappa shape index (κ2) is 14.0. The fourth-order valence-electron chi connectivity index (χ4n) is 4.96. The Labute approximate surface area is 214 Å². The molecule has 0 bridgehead atoms. The molecule has 198 valence electrons. The van der Waals surface area contributed by atoms with Gasteiger partial charge in [-0.25, -0.2) is 13.1 Å². The Morgan fingerprint density at radius 1 is 1.11 bits per heavy atom. The molecule has 1 unspecified atom stereocenters. The number of nitrogens with zero attached hydrogens (tertiary/aromatic N) is 2. The van der Waals surface area contributed by atoms with Gasteiger partial charge in [0.2, 0.25) is 15.9 Å². The number of pyridine rings is 1. The zero-order valence-corrected chi connectivity index (χ0v) is 22.0. The van der Waals surface area contributed by atoms with Crippen molar-refractivity contribution in [2.75, 3.05) is 23.7 Å². The largest absolute Gasteiger partial charge is 0.480 e. The second-order valence-corrected chi connectivity index (χ2v) is 11.5. The highest BCUT2D eigenvalue weighted by Crippen LogP contribution is 2.29. The highest BCUT2D eigenvalue weighted by Gasteiger charge is 2.31. The number of nitrogens with one attached hydrogen (secondary N) is 2. The zero-order chi connectivity index (χ0) is 24.6. The van der Waals surface area contributed by atoms with Crippen molar-refractivity contribution in [2.45, 2.75) is 76.8 Å². The lowest BCUT2D eigenvalue weighted by molar-refractivity contribution is -0.139. The van der Waals surface area contributed by atoms with Crippen molar-refractivity contribution in [3.8, 4) is 0 Å². The predicted octanol–water partition coefficient (Wildman–Crippen LogP) is 2.96. The molecule has 1 saturated carbocycles. The maximum atomic E-state index is 12.8. The van der Waals surface area contributed by atoms with Crippen LogP contribution in [0.3, 0.4) is 0 Å². The minimum absolute atomic E-state index is 0. The Kier molecular flexibility index (Phi) is 11.7. The summed E-state index contributed by atoms with van der Waals surface area (Å²) >= 11 is 0. The van der Waals surface area contributed by atoms with Crippen molar-refractivity contribution in [3.05, 3.63) is 24.5 Å². The van der Waals surface area contributed by atoms with E-state index in [1.807, 2.05) is 19.1 Å². The molecule has 1 amide bonds. The van der Waals surface area contributed by atoms with Gasteiger partial charge in [0.1, 0.15) is 6.04 Å². The maximum absolute atomic E-state index is 12.8. The van der Waals surface area contributed by atoms with Crippen LogP contribution in [-0.2, 0) is 19.6 Å². The van der Waals surface area contributed by atoms with E-state index in [4.69, 9.17) is 0 Å². The minimum Gasteiger partial charge on any atom is -0.480 e. The van der Waals surface area contributed by atoms with Crippen LogP contribution in [0, 0.1) is 11.8 Å². The molecule has 9 nitrogen and oxygen atoms in total. The van der Waals surface area contributed by atoms with Gasteiger partial charge in [0.05, 0.1) is 5.75 Å². The molecule has 2 heterocycles. The molecule has 1 saturated heterocycles. The number of piperidine rings is 1. The van der Waals surface area contributed by atoms with Crippen LogP contribution in [0.4, 0.5) is 5.69 Å². The molecule has 2 fully saturated rings. The molecule has 1 atom stereocenters. The van der Waals surface area contributed by atoms with Crippen LogP contribution in [0.5, 0.6) is 0 Å². The lowest BCUT2D eigenvalue weighted by atomic mass is 9.82. The Hall–Kier alpha value is -1.91. The van der Waals surface area contributed by atoms with Gasteiger partial charge < -0.3 is 15.3 Å². The molecule has 0 spiro atoms. The Bertz CT molecular complexity index is 902. The first-order valence-corrected chi connectivity index (χ1v) is 14.1. The first-order chi connectivity index (χ1) is 16.3. The van der Waals surface area contributed by atoms with Crippen molar-refractivity contribution in [3.63, 3.8) is 0 Å². The van der Waals surface area contributed by atoms with Crippen LogP contribution >= 0.6 is 12.4 Å². The van der Waals surface area contributed by atoms with E-state index in [1.165, 1.54) is 0 Å². The summed E-state index contributed by atoms with van der Waals surface area (Å²) in [7, 11) is -3.59. The monoisotopic (exact) mass is 530 g/mol. The van der Waals surface area contributed by atoms with E-state index in [-0.39, 0.29) is 48.4 Å². The number of aliphatic carboxylic acids is 1. The van der Waals surface area contributed by atoms with Crippen LogP contribution in [0.25, 0.3) is 0 Å². The molecule has 1 aromatic rings. The van der Waals surface area contributed by atoms with Gasteiger partial charge in [-0.1, -0.05) is 13.3 Å². The summed E-state index contributed by atoms with van der Waals surface area (Å²) in [6, 6.07) is 2.99. The number of hydrogen-bond acceptors (Lipinski definition) is 6. The lowest BCUT2D eigenvalue weighted by Crippen LogP contribution is -2.46. The Morgan fingerprint density at radius 3 is 2.31 bits per heavy atom. The van der Waals surface area contributed by atoms with E-state index in [0.717, 1.165) is 63.7 Å². The van der Waals surface area contributed by atoms with Crippen LogP contribution in [0.15, 0.2) is 24.5 Å². The van der Waals surface area contributed by atoms with Crippen LogP contribution in [0.2, 0.25) is 0 Å². The minimum atomic E-state index is -3.59.